The van der Waals surface area contributed by atoms with Gasteiger partial charge in [0.15, 0.2) is 0 Å². The molecule has 0 saturated carbocycles. The number of rotatable bonds is 6. The average Bonchev–Trinajstić information content (AvgIpc) is 3.08. The smallest absolute Gasteiger partial charge is 0.0946 e. The molecule has 0 fully saturated rings. The van der Waals surface area contributed by atoms with E-state index in [1.54, 1.807) is 6.20 Å². The second-order valence-electron chi connectivity index (χ2n) is 5.47. The number of imidazole rings is 1. The summed E-state index contributed by atoms with van der Waals surface area (Å²) < 4.78 is 4.24. The van der Waals surface area contributed by atoms with Crippen molar-refractivity contribution in [1.29, 1.82) is 0 Å². The molecule has 0 saturated heterocycles. The number of thioether (sulfide) groups is 1. The lowest BCUT2D eigenvalue weighted by Crippen LogP contribution is -2.06. The summed E-state index contributed by atoms with van der Waals surface area (Å²) in [6, 6.07) is 12.1. The lowest BCUT2D eigenvalue weighted by atomic mass is 10.1. The molecule has 7 heteroatoms. The minimum atomic E-state index is 0.270. The van der Waals surface area contributed by atoms with Crippen LogP contribution in [0.5, 0.6) is 0 Å². The molecule has 1 atom stereocenters. The van der Waals surface area contributed by atoms with Crippen LogP contribution in [0.2, 0.25) is 10.0 Å². The van der Waals surface area contributed by atoms with Gasteiger partial charge in [-0.05, 0) is 35.4 Å². The molecule has 3 rings (SSSR count). The zero-order valence-corrected chi connectivity index (χ0v) is 18.5. The van der Waals surface area contributed by atoms with Crippen LogP contribution in [0, 0.1) is 0 Å². The van der Waals surface area contributed by atoms with Crippen molar-refractivity contribution in [2.24, 2.45) is 0 Å². The van der Waals surface area contributed by atoms with E-state index in [1.807, 2.05) is 42.5 Å². The molecule has 25 heavy (non-hydrogen) atoms. The molecular weight excluding hydrogens is 507 g/mol. The SMILES string of the molecule is Clc1ccc(CSC(Cn2ccnc2)c2ccc(Br)cc2Br)cc1Cl. The van der Waals surface area contributed by atoms with Gasteiger partial charge in [0.25, 0.3) is 0 Å². The molecule has 3 aromatic rings. The van der Waals surface area contributed by atoms with Gasteiger partial charge in [-0.15, -0.1) is 11.8 Å². The Morgan fingerprint density at radius 3 is 2.60 bits per heavy atom. The van der Waals surface area contributed by atoms with E-state index in [1.165, 1.54) is 5.56 Å². The fourth-order valence-electron chi connectivity index (χ4n) is 2.42. The van der Waals surface area contributed by atoms with Gasteiger partial charge in [-0.2, -0.15) is 0 Å². The Kier molecular flexibility index (Phi) is 6.92. The molecule has 0 aliphatic carbocycles. The second kappa shape index (κ2) is 8.96. The fourth-order valence-corrected chi connectivity index (χ4v) is 5.45. The zero-order valence-electron chi connectivity index (χ0n) is 13.0. The van der Waals surface area contributed by atoms with Gasteiger partial charge >= 0.3 is 0 Å². The molecule has 0 amide bonds. The molecule has 1 aromatic heterocycles. The van der Waals surface area contributed by atoms with Crippen LogP contribution in [0.1, 0.15) is 16.4 Å². The monoisotopic (exact) mass is 518 g/mol. The Hall–Kier alpha value is -0.460. The Bertz CT molecular complexity index is 856. The highest BCUT2D eigenvalue weighted by Gasteiger charge is 2.17. The molecule has 0 N–H and O–H groups in total. The van der Waals surface area contributed by atoms with Gasteiger partial charge in [0.05, 0.1) is 16.4 Å². The number of aromatic nitrogens is 2. The first-order valence-electron chi connectivity index (χ1n) is 7.49. The highest BCUT2D eigenvalue weighted by Crippen LogP contribution is 2.38. The third-order valence-electron chi connectivity index (χ3n) is 3.68. The van der Waals surface area contributed by atoms with E-state index in [-0.39, 0.29) is 5.25 Å². The van der Waals surface area contributed by atoms with Crippen molar-refractivity contribution < 1.29 is 0 Å². The number of hydrogen-bond donors (Lipinski definition) is 0. The highest BCUT2D eigenvalue weighted by molar-refractivity contribution is 9.11. The normalized spacial score (nSPS) is 12.3. The molecule has 0 bridgehead atoms. The topological polar surface area (TPSA) is 17.8 Å². The molecule has 130 valence electrons. The summed E-state index contributed by atoms with van der Waals surface area (Å²) >= 11 is 21.2. The first kappa shape index (κ1) is 19.3. The Morgan fingerprint density at radius 2 is 1.92 bits per heavy atom. The Labute approximate surface area is 178 Å². The molecule has 0 radical (unpaired) electrons. The predicted octanol–water partition coefficient (Wildman–Crippen LogP) is 7.39. The molecule has 0 aliphatic heterocycles. The van der Waals surface area contributed by atoms with Crippen LogP contribution in [-0.4, -0.2) is 9.55 Å². The summed E-state index contributed by atoms with van der Waals surface area (Å²) in [5.74, 6) is 0.846. The van der Waals surface area contributed by atoms with Gasteiger partial charge in [-0.3, -0.25) is 0 Å². The predicted molar refractivity (Wildman–Crippen MR) is 115 cm³/mol. The van der Waals surface area contributed by atoms with Gasteiger partial charge in [0.1, 0.15) is 0 Å². The Balaban J connectivity index is 1.81. The first-order valence-corrected chi connectivity index (χ1v) is 10.9. The molecule has 1 unspecified atom stereocenters. The summed E-state index contributed by atoms with van der Waals surface area (Å²) in [5, 5.41) is 1.45. The third-order valence-corrected chi connectivity index (χ3v) is 6.90. The van der Waals surface area contributed by atoms with Crippen LogP contribution in [0.3, 0.4) is 0 Å². The van der Waals surface area contributed by atoms with Crippen molar-refractivity contribution in [3.63, 3.8) is 0 Å². The Morgan fingerprint density at radius 1 is 1.08 bits per heavy atom. The van der Waals surface area contributed by atoms with Crippen LogP contribution in [0.4, 0.5) is 0 Å². The van der Waals surface area contributed by atoms with Crippen molar-refractivity contribution in [2.75, 3.05) is 0 Å². The third kappa shape index (κ3) is 5.27. The highest BCUT2D eigenvalue weighted by atomic mass is 79.9. The minimum Gasteiger partial charge on any atom is -0.336 e. The largest absolute Gasteiger partial charge is 0.336 e. The van der Waals surface area contributed by atoms with Crippen molar-refractivity contribution in [3.8, 4) is 0 Å². The summed E-state index contributed by atoms with van der Waals surface area (Å²) in [6.07, 6.45) is 5.64. The molecule has 2 aromatic carbocycles. The van der Waals surface area contributed by atoms with E-state index in [0.29, 0.717) is 10.0 Å². The number of nitrogens with zero attached hydrogens (tertiary/aromatic N) is 2. The first-order chi connectivity index (χ1) is 12.0. The van der Waals surface area contributed by atoms with Crippen LogP contribution in [0.15, 0.2) is 64.1 Å². The van der Waals surface area contributed by atoms with Gasteiger partial charge in [0, 0.05) is 38.9 Å². The number of halogens is 4. The lowest BCUT2D eigenvalue weighted by molar-refractivity contribution is 0.681. The minimum absolute atomic E-state index is 0.270. The maximum absolute atomic E-state index is 6.14. The van der Waals surface area contributed by atoms with Crippen LogP contribution < -0.4 is 0 Å². The van der Waals surface area contributed by atoms with Crippen LogP contribution in [-0.2, 0) is 12.3 Å². The van der Waals surface area contributed by atoms with Crippen LogP contribution in [0.25, 0.3) is 0 Å². The number of benzene rings is 2. The van der Waals surface area contributed by atoms with Crippen LogP contribution >= 0.6 is 66.8 Å². The van der Waals surface area contributed by atoms with E-state index >= 15 is 0 Å². The van der Waals surface area contributed by atoms with Gasteiger partial charge in [-0.25, -0.2) is 4.98 Å². The van der Waals surface area contributed by atoms with E-state index in [4.69, 9.17) is 23.2 Å². The van der Waals surface area contributed by atoms with E-state index < -0.39 is 0 Å². The average molecular weight is 521 g/mol. The van der Waals surface area contributed by atoms with Gasteiger partial charge in [-0.1, -0.05) is 67.2 Å². The van der Waals surface area contributed by atoms with E-state index in [9.17, 15) is 0 Å². The van der Waals surface area contributed by atoms with Crippen molar-refractivity contribution >= 4 is 66.8 Å². The number of hydrogen-bond acceptors (Lipinski definition) is 2. The lowest BCUT2D eigenvalue weighted by Gasteiger charge is -2.19. The van der Waals surface area contributed by atoms with E-state index in [2.05, 4.69) is 59.6 Å². The standard InChI is InChI=1S/C18H14Br2Cl2N2S/c19-13-2-3-14(15(20)8-13)18(9-24-6-5-23-11-24)25-10-12-1-4-16(21)17(22)7-12/h1-8,11,18H,9-10H2. The molecule has 0 aliphatic rings. The maximum Gasteiger partial charge on any atom is 0.0946 e. The zero-order chi connectivity index (χ0) is 17.8. The quantitative estimate of drug-likeness (QED) is 0.337. The van der Waals surface area contributed by atoms with Crippen molar-refractivity contribution in [3.05, 3.63) is 85.2 Å². The molecular formula is C18H14Br2Cl2N2S. The molecule has 2 nitrogen and oxygen atoms in total. The molecule has 0 spiro atoms. The maximum atomic E-state index is 6.14. The van der Waals surface area contributed by atoms with Gasteiger partial charge in [0.2, 0.25) is 0 Å². The molecule has 1 heterocycles. The fraction of sp³-hybridized carbons (Fsp3) is 0.167. The van der Waals surface area contributed by atoms with E-state index in [0.717, 1.165) is 26.8 Å². The van der Waals surface area contributed by atoms with Crippen molar-refractivity contribution in [1.82, 2.24) is 9.55 Å². The second-order valence-corrected chi connectivity index (χ2v) is 9.25. The summed E-state index contributed by atoms with van der Waals surface area (Å²) in [4.78, 5) is 4.15. The summed E-state index contributed by atoms with van der Waals surface area (Å²) in [5.41, 5.74) is 2.41. The van der Waals surface area contributed by atoms with Crippen molar-refractivity contribution in [2.45, 2.75) is 17.5 Å². The summed E-state index contributed by atoms with van der Waals surface area (Å²) in [7, 11) is 0. The van der Waals surface area contributed by atoms with Gasteiger partial charge < -0.3 is 4.57 Å². The summed E-state index contributed by atoms with van der Waals surface area (Å²) in [6.45, 7) is 0.840.